The second kappa shape index (κ2) is 7.53. The van der Waals surface area contributed by atoms with E-state index in [0.29, 0.717) is 19.4 Å². The van der Waals surface area contributed by atoms with Crippen LogP contribution in [0, 0.1) is 5.92 Å². The van der Waals surface area contributed by atoms with Crippen molar-refractivity contribution in [3.05, 3.63) is 23.8 Å². The predicted molar refractivity (Wildman–Crippen MR) is 94.0 cm³/mol. The molecule has 1 unspecified atom stereocenters. The van der Waals surface area contributed by atoms with E-state index < -0.39 is 22.0 Å². The average Bonchev–Trinajstić information content (AvgIpc) is 2.95. The number of nitrogens with zero attached hydrogens (tertiary/aromatic N) is 1. The molecule has 8 heteroatoms. The highest BCUT2D eigenvalue weighted by molar-refractivity contribution is 7.89. The van der Waals surface area contributed by atoms with Crippen molar-refractivity contribution in [1.82, 2.24) is 4.72 Å². The molecule has 25 heavy (non-hydrogen) atoms. The molecule has 138 valence electrons. The summed E-state index contributed by atoms with van der Waals surface area (Å²) in [5.41, 5.74) is 1.50. The van der Waals surface area contributed by atoms with Gasteiger partial charge in [-0.15, -0.1) is 0 Å². The van der Waals surface area contributed by atoms with Crippen LogP contribution < -0.4 is 9.62 Å². The fourth-order valence-corrected chi connectivity index (χ4v) is 4.17. The number of hydrogen-bond acceptors (Lipinski definition) is 4. The highest BCUT2D eigenvalue weighted by atomic mass is 32.2. The lowest BCUT2D eigenvalue weighted by Crippen LogP contribution is -2.41. The highest BCUT2D eigenvalue weighted by Gasteiger charge is 2.29. The van der Waals surface area contributed by atoms with Gasteiger partial charge in [-0.2, -0.15) is 4.72 Å². The van der Waals surface area contributed by atoms with Crippen LogP contribution in [0.15, 0.2) is 23.1 Å². The van der Waals surface area contributed by atoms with E-state index in [0.717, 1.165) is 11.3 Å². The molecule has 1 atom stereocenters. The number of anilines is 1. The van der Waals surface area contributed by atoms with E-state index in [-0.39, 0.29) is 23.1 Å². The summed E-state index contributed by atoms with van der Waals surface area (Å²) in [6, 6.07) is 3.38. The van der Waals surface area contributed by atoms with E-state index >= 15 is 0 Å². The quantitative estimate of drug-likeness (QED) is 0.763. The normalized spacial score (nSPS) is 15.3. The van der Waals surface area contributed by atoms with Crippen LogP contribution >= 0.6 is 0 Å². The van der Waals surface area contributed by atoms with Crippen LogP contribution in [0.5, 0.6) is 0 Å². The molecule has 0 aliphatic carbocycles. The van der Waals surface area contributed by atoms with E-state index in [9.17, 15) is 23.1 Å². The number of hydrogen-bond donors (Lipinski definition) is 2. The molecule has 2 N–H and O–H groups in total. The number of carbonyl (C=O) groups is 2. The van der Waals surface area contributed by atoms with Crippen LogP contribution in [0.4, 0.5) is 5.69 Å². The van der Waals surface area contributed by atoms with Crippen molar-refractivity contribution in [3.63, 3.8) is 0 Å². The summed E-state index contributed by atoms with van der Waals surface area (Å²) < 4.78 is 27.4. The van der Waals surface area contributed by atoms with Crippen LogP contribution in [-0.4, -0.2) is 38.0 Å². The second-order valence-electron chi connectivity index (χ2n) is 6.58. The monoisotopic (exact) mass is 368 g/mol. The van der Waals surface area contributed by atoms with E-state index in [1.807, 2.05) is 13.8 Å². The van der Waals surface area contributed by atoms with Gasteiger partial charge in [0.15, 0.2) is 0 Å². The first-order chi connectivity index (χ1) is 11.7. The van der Waals surface area contributed by atoms with Gasteiger partial charge in [-0.05, 0) is 42.5 Å². The topological polar surface area (TPSA) is 104 Å². The Hall–Kier alpha value is -1.93. The van der Waals surface area contributed by atoms with E-state index in [1.165, 1.54) is 12.1 Å². The van der Waals surface area contributed by atoms with Crippen LogP contribution in [0.3, 0.4) is 0 Å². The van der Waals surface area contributed by atoms with Crippen molar-refractivity contribution in [2.75, 3.05) is 11.4 Å². The summed E-state index contributed by atoms with van der Waals surface area (Å²) in [4.78, 5) is 24.9. The molecule has 1 aromatic carbocycles. The molecule has 0 saturated heterocycles. The van der Waals surface area contributed by atoms with Gasteiger partial charge in [-0.3, -0.25) is 9.59 Å². The molecule has 0 saturated carbocycles. The first kappa shape index (κ1) is 19.4. The van der Waals surface area contributed by atoms with Crippen LogP contribution in [0.1, 0.15) is 39.2 Å². The van der Waals surface area contributed by atoms with Crippen molar-refractivity contribution in [1.29, 1.82) is 0 Å². The third-order valence-corrected chi connectivity index (χ3v) is 5.63. The molecule has 1 aliphatic rings. The first-order valence-corrected chi connectivity index (χ1v) is 9.82. The number of nitrogens with one attached hydrogen (secondary N) is 1. The molecule has 0 aromatic heterocycles. The standard InChI is InChI=1S/C17H24N2O5S/c1-4-16(20)19-8-7-12-10-13(5-6-15(12)19)25(23,24)18-14(17(21)22)9-11(2)3/h5-6,10-11,14,18H,4,7-9H2,1-3H3,(H,21,22). The van der Waals surface area contributed by atoms with Crippen molar-refractivity contribution >= 4 is 27.6 Å². The molecule has 1 aromatic rings. The Morgan fingerprint density at radius 1 is 1.32 bits per heavy atom. The number of amides is 1. The van der Waals surface area contributed by atoms with Gasteiger partial charge in [0, 0.05) is 18.7 Å². The van der Waals surface area contributed by atoms with Gasteiger partial charge >= 0.3 is 5.97 Å². The predicted octanol–water partition coefficient (Wildman–Crippen LogP) is 1.76. The zero-order valence-corrected chi connectivity index (χ0v) is 15.5. The number of rotatable bonds is 7. The van der Waals surface area contributed by atoms with Crippen LogP contribution in [0.25, 0.3) is 0 Å². The van der Waals surface area contributed by atoms with E-state index in [4.69, 9.17) is 0 Å². The molecule has 0 bridgehead atoms. The Labute approximate surface area is 148 Å². The number of aliphatic carboxylic acids is 1. The van der Waals surface area contributed by atoms with Gasteiger partial charge in [0.1, 0.15) is 6.04 Å². The molecular formula is C17H24N2O5S. The zero-order valence-electron chi connectivity index (χ0n) is 14.7. The molecule has 1 amide bonds. The van der Waals surface area contributed by atoms with E-state index in [2.05, 4.69) is 4.72 Å². The minimum absolute atomic E-state index is 0.00430. The summed E-state index contributed by atoms with van der Waals surface area (Å²) in [5.74, 6) is -1.16. The largest absolute Gasteiger partial charge is 0.480 e. The number of fused-ring (bicyclic) bond motifs is 1. The summed E-state index contributed by atoms with van der Waals surface area (Å²) in [5, 5.41) is 9.24. The summed E-state index contributed by atoms with van der Waals surface area (Å²) in [6.45, 7) is 5.98. The third kappa shape index (κ3) is 4.38. The lowest BCUT2D eigenvalue weighted by Gasteiger charge is -2.18. The highest BCUT2D eigenvalue weighted by Crippen LogP contribution is 2.30. The SMILES string of the molecule is CCC(=O)N1CCc2cc(S(=O)(=O)NC(CC(C)C)C(=O)O)ccc21. The zero-order chi connectivity index (χ0) is 18.8. The Morgan fingerprint density at radius 3 is 2.56 bits per heavy atom. The van der Waals surface area contributed by atoms with Crippen molar-refractivity contribution < 1.29 is 23.1 Å². The lowest BCUT2D eigenvalue weighted by atomic mass is 10.1. The Balaban J connectivity index is 2.26. The second-order valence-corrected chi connectivity index (χ2v) is 8.30. The maximum atomic E-state index is 12.5. The maximum absolute atomic E-state index is 12.5. The van der Waals surface area contributed by atoms with Crippen molar-refractivity contribution in [2.24, 2.45) is 5.92 Å². The van der Waals surface area contributed by atoms with Gasteiger partial charge in [0.2, 0.25) is 15.9 Å². The van der Waals surface area contributed by atoms with Crippen molar-refractivity contribution in [3.8, 4) is 0 Å². The fraction of sp³-hybridized carbons (Fsp3) is 0.529. The van der Waals surface area contributed by atoms with Gasteiger partial charge in [-0.25, -0.2) is 8.42 Å². The maximum Gasteiger partial charge on any atom is 0.321 e. The van der Waals surface area contributed by atoms with Crippen LogP contribution in [-0.2, 0) is 26.0 Å². The minimum Gasteiger partial charge on any atom is -0.480 e. The van der Waals surface area contributed by atoms with Crippen molar-refractivity contribution in [2.45, 2.75) is 51.0 Å². The third-order valence-electron chi connectivity index (χ3n) is 4.16. The minimum atomic E-state index is -3.95. The van der Waals surface area contributed by atoms with E-state index in [1.54, 1.807) is 17.9 Å². The molecule has 7 nitrogen and oxygen atoms in total. The summed E-state index contributed by atoms with van der Waals surface area (Å²) in [6.07, 6.45) is 1.17. The number of carboxylic acid groups (broad SMARTS) is 1. The molecule has 0 radical (unpaired) electrons. The molecule has 0 spiro atoms. The number of carbonyl (C=O) groups excluding carboxylic acids is 1. The molecule has 1 aliphatic heterocycles. The molecule has 2 rings (SSSR count). The molecule has 1 heterocycles. The molecular weight excluding hydrogens is 344 g/mol. The molecule has 0 fully saturated rings. The average molecular weight is 368 g/mol. The first-order valence-electron chi connectivity index (χ1n) is 8.34. The lowest BCUT2D eigenvalue weighted by molar-refractivity contribution is -0.139. The Morgan fingerprint density at radius 2 is 2.00 bits per heavy atom. The number of benzene rings is 1. The summed E-state index contributed by atoms with van der Waals surface area (Å²) in [7, 11) is -3.95. The van der Waals surface area contributed by atoms with Gasteiger partial charge in [0.25, 0.3) is 0 Å². The van der Waals surface area contributed by atoms with Gasteiger partial charge < -0.3 is 10.0 Å². The van der Waals surface area contributed by atoms with Gasteiger partial charge in [-0.1, -0.05) is 20.8 Å². The Bertz CT molecular complexity index is 773. The van der Waals surface area contributed by atoms with Crippen LogP contribution in [0.2, 0.25) is 0 Å². The number of carboxylic acids is 1. The van der Waals surface area contributed by atoms with Gasteiger partial charge in [0.05, 0.1) is 4.90 Å². The Kier molecular flexibility index (Phi) is 5.84. The number of sulfonamides is 1. The summed E-state index contributed by atoms with van der Waals surface area (Å²) >= 11 is 0. The smallest absolute Gasteiger partial charge is 0.321 e. The fourth-order valence-electron chi connectivity index (χ4n) is 2.92.